The molecule has 0 aliphatic heterocycles. The van der Waals surface area contributed by atoms with E-state index in [4.69, 9.17) is 0 Å². The van der Waals surface area contributed by atoms with Crippen molar-refractivity contribution in [1.82, 2.24) is 19.4 Å². The van der Waals surface area contributed by atoms with E-state index in [1.165, 1.54) is 15.4 Å². The van der Waals surface area contributed by atoms with Gasteiger partial charge in [-0.1, -0.05) is 5.21 Å². The van der Waals surface area contributed by atoms with Crippen LogP contribution >= 0.6 is 24.2 Å². The average Bonchev–Trinajstić information content (AvgIpc) is 2.55. The smallest absolute Gasteiger partial charge is 0.144 e. The molecular weight excluding hydrogens is 180 g/mol. The third-order valence-electron chi connectivity index (χ3n) is 1.18. The van der Waals surface area contributed by atoms with E-state index in [0.717, 1.165) is 10.7 Å². The largest absolute Gasteiger partial charge is 0.243 e. The molecule has 0 saturated carbocycles. The summed E-state index contributed by atoms with van der Waals surface area (Å²) in [7, 11) is 0. The molecule has 2 aromatic rings. The van der Waals surface area contributed by atoms with Crippen molar-refractivity contribution in [3.63, 3.8) is 0 Å². The number of thiazole rings is 1. The second-order valence-electron chi connectivity index (χ2n) is 1.85. The van der Waals surface area contributed by atoms with E-state index in [1.807, 2.05) is 5.38 Å². The number of hydrogen-bond acceptors (Lipinski definition) is 5. The van der Waals surface area contributed by atoms with Crippen LogP contribution in [0.25, 0.3) is 10.7 Å². The summed E-state index contributed by atoms with van der Waals surface area (Å²) in [6.45, 7) is 0. The van der Waals surface area contributed by atoms with Crippen LogP contribution in [-0.2, 0) is 0 Å². The summed E-state index contributed by atoms with van der Waals surface area (Å²) in [5, 5.41) is 10.1. The molecule has 0 fully saturated rings. The van der Waals surface area contributed by atoms with Crippen molar-refractivity contribution in [3.8, 4) is 10.7 Å². The Morgan fingerprint density at radius 1 is 1.55 bits per heavy atom. The van der Waals surface area contributed by atoms with Crippen LogP contribution in [0.2, 0.25) is 0 Å². The van der Waals surface area contributed by atoms with Gasteiger partial charge in [0.15, 0.2) is 0 Å². The fourth-order valence-electron chi connectivity index (χ4n) is 0.720. The van der Waals surface area contributed by atoms with Crippen LogP contribution in [0, 0.1) is 0 Å². The van der Waals surface area contributed by atoms with Crippen LogP contribution in [-0.4, -0.2) is 19.4 Å². The normalized spacial score (nSPS) is 10.3. The Kier molecular flexibility index (Phi) is 1.63. The Balaban J connectivity index is 2.53. The van der Waals surface area contributed by atoms with Gasteiger partial charge >= 0.3 is 0 Å². The molecule has 0 aromatic carbocycles. The van der Waals surface area contributed by atoms with Gasteiger partial charge in [-0.25, -0.2) is 4.98 Å². The predicted molar refractivity (Wildman–Crippen MR) is 45.5 cm³/mol. The highest BCUT2D eigenvalue weighted by Crippen LogP contribution is 2.20. The maximum absolute atomic E-state index is 4.09. The van der Waals surface area contributed by atoms with E-state index >= 15 is 0 Å². The molecule has 56 valence electrons. The Bertz CT molecular complexity index is 339. The minimum atomic E-state index is 0.823. The van der Waals surface area contributed by atoms with Crippen molar-refractivity contribution >= 4 is 24.2 Å². The lowest BCUT2D eigenvalue weighted by Gasteiger charge is -1.90. The number of thiol groups is 1. The summed E-state index contributed by atoms with van der Waals surface area (Å²) >= 11 is 5.58. The van der Waals surface area contributed by atoms with Crippen LogP contribution in [0.15, 0.2) is 17.8 Å². The van der Waals surface area contributed by atoms with Gasteiger partial charge in [0.05, 0.1) is 6.20 Å². The van der Waals surface area contributed by atoms with Gasteiger partial charge in [-0.2, -0.15) is 4.09 Å². The first-order valence-electron chi connectivity index (χ1n) is 2.88. The molecule has 11 heavy (non-hydrogen) atoms. The molecule has 0 bridgehead atoms. The van der Waals surface area contributed by atoms with Gasteiger partial charge in [-0.15, -0.1) is 16.4 Å². The highest BCUT2D eigenvalue weighted by Gasteiger charge is 2.05. The molecule has 2 heterocycles. The van der Waals surface area contributed by atoms with Crippen molar-refractivity contribution < 1.29 is 0 Å². The standard InChI is InChI=1S/C5H4N4S2/c10-9-4(3-7-8-9)5-6-1-2-11-5/h1-3,10H. The first-order valence-corrected chi connectivity index (χ1v) is 4.16. The molecule has 4 nitrogen and oxygen atoms in total. The SMILES string of the molecule is Sn1nncc1-c1nccs1. The third kappa shape index (κ3) is 1.14. The van der Waals surface area contributed by atoms with Gasteiger partial charge in [0.2, 0.25) is 0 Å². The molecule has 0 N–H and O–H groups in total. The molecule has 0 unspecified atom stereocenters. The molecule has 0 aliphatic carbocycles. The molecule has 0 aliphatic rings. The maximum Gasteiger partial charge on any atom is 0.144 e. The topological polar surface area (TPSA) is 43.6 Å². The number of nitrogens with zero attached hydrogens (tertiary/aromatic N) is 4. The summed E-state index contributed by atoms with van der Waals surface area (Å²) in [6.07, 6.45) is 3.37. The predicted octanol–water partition coefficient (Wildman–Crippen LogP) is 1.09. The number of aromatic nitrogens is 4. The fourth-order valence-corrected chi connectivity index (χ4v) is 1.61. The Morgan fingerprint density at radius 2 is 2.45 bits per heavy atom. The lowest BCUT2D eigenvalue weighted by Crippen LogP contribution is -1.85. The van der Waals surface area contributed by atoms with E-state index in [-0.39, 0.29) is 0 Å². The van der Waals surface area contributed by atoms with Crippen molar-refractivity contribution in [3.05, 3.63) is 17.8 Å². The van der Waals surface area contributed by atoms with Crippen LogP contribution < -0.4 is 0 Å². The molecule has 0 radical (unpaired) electrons. The molecule has 0 atom stereocenters. The zero-order chi connectivity index (χ0) is 7.68. The zero-order valence-corrected chi connectivity index (χ0v) is 7.09. The van der Waals surface area contributed by atoms with Crippen molar-refractivity contribution in [2.75, 3.05) is 0 Å². The molecule has 6 heteroatoms. The highest BCUT2D eigenvalue weighted by molar-refractivity contribution is 7.78. The van der Waals surface area contributed by atoms with Crippen LogP contribution in [0.1, 0.15) is 0 Å². The molecule has 2 aromatic heterocycles. The summed E-state index contributed by atoms with van der Waals surface area (Å²) in [5.41, 5.74) is 0.823. The van der Waals surface area contributed by atoms with Crippen molar-refractivity contribution in [2.45, 2.75) is 0 Å². The lowest BCUT2D eigenvalue weighted by molar-refractivity contribution is 0.899. The second kappa shape index (κ2) is 2.63. The minimum absolute atomic E-state index is 0.823. The quantitative estimate of drug-likeness (QED) is 0.675. The fraction of sp³-hybridized carbons (Fsp3) is 0. The van der Waals surface area contributed by atoms with E-state index in [9.17, 15) is 0 Å². The van der Waals surface area contributed by atoms with Crippen molar-refractivity contribution in [2.24, 2.45) is 0 Å². The highest BCUT2D eigenvalue weighted by atomic mass is 32.1. The Hall–Kier alpha value is -0.880. The van der Waals surface area contributed by atoms with Gasteiger partial charge in [0, 0.05) is 11.6 Å². The molecule has 2 rings (SSSR count). The van der Waals surface area contributed by atoms with E-state index in [1.54, 1.807) is 12.4 Å². The monoisotopic (exact) mass is 184 g/mol. The van der Waals surface area contributed by atoms with Crippen LogP contribution in [0.3, 0.4) is 0 Å². The van der Waals surface area contributed by atoms with Gasteiger partial charge in [0.25, 0.3) is 0 Å². The van der Waals surface area contributed by atoms with Gasteiger partial charge in [0.1, 0.15) is 10.7 Å². The van der Waals surface area contributed by atoms with E-state index in [0.29, 0.717) is 0 Å². The first-order chi connectivity index (χ1) is 5.38. The summed E-state index contributed by atoms with van der Waals surface area (Å²) in [6, 6.07) is 0. The third-order valence-corrected chi connectivity index (χ3v) is 2.27. The number of hydrogen-bond donors (Lipinski definition) is 1. The van der Waals surface area contributed by atoms with Crippen LogP contribution in [0.4, 0.5) is 0 Å². The number of rotatable bonds is 1. The first kappa shape index (κ1) is 6.81. The lowest BCUT2D eigenvalue weighted by atomic mass is 10.5. The van der Waals surface area contributed by atoms with Gasteiger partial charge in [-0.3, -0.25) is 0 Å². The summed E-state index contributed by atoms with van der Waals surface area (Å²) in [4.78, 5) is 4.09. The van der Waals surface area contributed by atoms with E-state index < -0.39 is 0 Å². The van der Waals surface area contributed by atoms with Crippen LogP contribution in [0.5, 0.6) is 0 Å². The molecular formula is C5H4N4S2. The minimum Gasteiger partial charge on any atom is -0.243 e. The van der Waals surface area contributed by atoms with Gasteiger partial charge in [-0.05, 0) is 12.8 Å². The molecule has 0 saturated heterocycles. The zero-order valence-electron chi connectivity index (χ0n) is 5.38. The second-order valence-corrected chi connectivity index (χ2v) is 3.12. The molecule has 0 spiro atoms. The Morgan fingerprint density at radius 3 is 3.00 bits per heavy atom. The average molecular weight is 184 g/mol. The van der Waals surface area contributed by atoms with E-state index in [2.05, 4.69) is 28.1 Å². The maximum atomic E-state index is 4.09. The Labute approximate surface area is 72.4 Å². The summed E-state index contributed by atoms with van der Waals surface area (Å²) in [5.74, 6) is 0. The van der Waals surface area contributed by atoms with Gasteiger partial charge < -0.3 is 0 Å². The molecule has 0 amide bonds. The van der Waals surface area contributed by atoms with Crippen molar-refractivity contribution in [1.29, 1.82) is 0 Å². The summed E-state index contributed by atoms with van der Waals surface area (Å²) < 4.78 is 1.40.